The average Bonchev–Trinajstić information content (AvgIpc) is 3.26. The van der Waals surface area contributed by atoms with Gasteiger partial charge in [-0.1, -0.05) is 6.07 Å². The van der Waals surface area contributed by atoms with Crippen molar-refractivity contribution >= 4 is 21.9 Å². The van der Waals surface area contributed by atoms with Crippen molar-refractivity contribution < 1.29 is 18.3 Å². The number of aliphatic hydroxyl groups is 1. The van der Waals surface area contributed by atoms with Gasteiger partial charge >= 0.3 is 6.18 Å². The lowest BCUT2D eigenvalue weighted by molar-refractivity contribution is -0.250. The molecular formula is C20H15F3N4O. The summed E-state index contributed by atoms with van der Waals surface area (Å²) >= 11 is 0. The zero-order chi connectivity index (χ0) is 20.3. The predicted molar refractivity (Wildman–Crippen MR) is 97.6 cm³/mol. The number of halogens is 3. The molecule has 0 aliphatic carbocycles. The van der Waals surface area contributed by atoms with Gasteiger partial charge in [0.05, 0.1) is 22.7 Å². The topological polar surface area (TPSA) is 88.5 Å². The number of benzene rings is 2. The van der Waals surface area contributed by atoms with Crippen molar-refractivity contribution in [2.24, 2.45) is 0 Å². The lowest BCUT2D eigenvalue weighted by Gasteiger charge is -2.31. The lowest BCUT2D eigenvalue weighted by atomic mass is 9.85. The quantitative estimate of drug-likeness (QED) is 0.481. The van der Waals surface area contributed by atoms with Gasteiger partial charge in [0.25, 0.3) is 0 Å². The summed E-state index contributed by atoms with van der Waals surface area (Å²) in [4.78, 5) is 9.51. The van der Waals surface area contributed by atoms with Crippen LogP contribution in [0.15, 0.2) is 36.5 Å². The van der Waals surface area contributed by atoms with Crippen LogP contribution in [0.25, 0.3) is 21.9 Å². The molecule has 3 N–H and O–H groups in total. The maximum atomic E-state index is 14.3. The number of hydrogen-bond donors (Lipinski definition) is 3. The van der Waals surface area contributed by atoms with Crippen LogP contribution in [0.2, 0.25) is 0 Å². The monoisotopic (exact) mass is 384 g/mol. The van der Waals surface area contributed by atoms with Gasteiger partial charge in [0.1, 0.15) is 0 Å². The number of aryl methyl sites for hydroxylation is 2. The van der Waals surface area contributed by atoms with Crippen LogP contribution in [0.1, 0.15) is 28.1 Å². The van der Waals surface area contributed by atoms with Crippen LogP contribution in [0.3, 0.4) is 0 Å². The maximum absolute atomic E-state index is 14.3. The fourth-order valence-electron chi connectivity index (χ4n) is 3.71. The number of nitriles is 1. The number of aromatic nitrogens is 3. The molecule has 8 heteroatoms. The molecule has 0 saturated heterocycles. The molecule has 1 unspecified atom stereocenters. The number of imidazole rings is 1. The van der Waals surface area contributed by atoms with Crippen LogP contribution in [0.5, 0.6) is 0 Å². The largest absolute Gasteiger partial charge is 0.428 e. The van der Waals surface area contributed by atoms with Gasteiger partial charge in [0, 0.05) is 22.7 Å². The first-order chi connectivity index (χ1) is 13.2. The average molecular weight is 384 g/mol. The first-order valence-electron chi connectivity index (χ1n) is 8.44. The summed E-state index contributed by atoms with van der Waals surface area (Å²) in [6, 6.07) is 9.34. The fraction of sp³-hybridized carbons (Fsp3) is 0.200. The van der Waals surface area contributed by atoms with Crippen LogP contribution in [-0.2, 0) is 5.60 Å². The molecule has 0 spiro atoms. The third-order valence-corrected chi connectivity index (χ3v) is 4.96. The second kappa shape index (κ2) is 5.84. The van der Waals surface area contributed by atoms with Gasteiger partial charge < -0.3 is 15.1 Å². The van der Waals surface area contributed by atoms with Crippen molar-refractivity contribution in [3.63, 3.8) is 0 Å². The van der Waals surface area contributed by atoms with E-state index in [9.17, 15) is 18.3 Å². The summed E-state index contributed by atoms with van der Waals surface area (Å²) in [7, 11) is 0. The highest BCUT2D eigenvalue weighted by Crippen LogP contribution is 2.47. The van der Waals surface area contributed by atoms with Gasteiger partial charge in [-0.2, -0.15) is 18.4 Å². The van der Waals surface area contributed by atoms with Crippen LogP contribution in [0, 0.1) is 25.2 Å². The number of rotatable bonds is 2. The lowest BCUT2D eigenvalue weighted by Crippen LogP contribution is -2.45. The third-order valence-electron chi connectivity index (χ3n) is 4.96. The number of fused-ring (bicyclic) bond motifs is 2. The van der Waals surface area contributed by atoms with Crippen molar-refractivity contribution in [1.29, 1.82) is 5.26 Å². The Balaban J connectivity index is 2.08. The maximum Gasteiger partial charge on any atom is 0.428 e. The second-order valence-corrected chi connectivity index (χ2v) is 6.79. The van der Waals surface area contributed by atoms with E-state index in [4.69, 9.17) is 5.26 Å². The highest BCUT2D eigenvalue weighted by atomic mass is 19.4. The summed E-state index contributed by atoms with van der Waals surface area (Å²) in [5, 5.41) is 20.4. The van der Waals surface area contributed by atoms with Gasteiger partial charge in [-0.15, -0.1) is 0 Å². The number of hydrogen-bond acceptors (Lipinski definition) is 3. The van der Waals surface area contributed by atoms with Crippen molar-refractivity contribution in [2.75, 3.05) is 0 Å². The molecule has 0 aliphatic heterocycles. The highest BCUT2D eigenvalue weighted by molar-refractivity contribution is 5.88. The van der Waals surface area contributed by atoms with E-state index in [1.54, 1.807) is 13.0 Å². The molecule has 4 rings (SSSR count). The van der Waals surface area contributed by atoms with Crippen molar-refractivity contribution in [3.05, 3.63) is 64.6 Å². The molecule has 28 heavy (non-hydrogen) atoms. The van der Waals surface area contributed by atoms with E-state index in [1.807, 2.05) is 6.07 Å². The molecule has 5 nitrogen and oxygen atoms in total. The predicted octanol–water partition coefficient (Wildman–Crippen LogP) is 4.33. The van der Waals surface area contributed by atoms with Gasteiger partial charge in [-0.3, -0.25) is 0 Å². The SMILES string of the molecule is Cc1cc(C)c2[nH]ccc2c1C(O)(c1nc2ccc(C#N)cc2[nH]1)C(F)(F)F. The van der Waals surface area contributed by atoms with Crippen LogP contribution in [-0.4, -0.2) is 26.2 Å². The smallest absolute Gasteiger partial charge is 0.370 e. The molecule has 4 aromatic rings. The number of H-pyrrole nitrogens is 2. The van der Waals surface area contributed by atoms with Crippen LogP contribution in [0.4, 0.5) is 13.2 Å². The molecule has 0 amide bonds. The van der Waals surface area contributed by atoms with Crippen molar-refractivity contribution in [2.45, 2.75) is 25.6 Å². The Kier molecular flexibility index (Phi) is 3.77. The zero-order valence-electron chi connectivity index (χ0n) is 14.9. The Morgan fingerprint density at radius 3 is 2.54 bits per heavy atom. The van der Waals surface area contributed by atoms with E-state index in [2.05, 4.69) is 15.0 Å². The molecule has 2 aromatic heterocycles. The molecule has 0 bridgehead atoms. The number of nitrogens with zero attached hydrogens (tertiary/aromatic N) is 2. The van der Waals surface area contributed by atoms with E-state index in [0.717, 1.165) is 5.56 Å². The molecular weight excluding hydrogens is 369 g/mol. The second-order valence-electron chi connectivity index (χ2n) is 6.79. The molecule has 0 saturated carbocycles. The summed E-state index contributed by atoms with van der Waals surface area (Å²) in [5.41, 5.74) is -1.29. The summed E-state index contributed by atoms with van der Waals surface area (Å²) < 4.78 is 42.9. The summed E-state index contributed by atoms with van der Waals surface area (Å²) in [5.74, 6) is -0.639. The van der Waals surface area contributed by atoms with E-state index in [-0.39, 0.29) is 27.5 Å². The first-order valence-corrected chi connectivity index (χ1v) is 8.44. The minimum absolute atomic E-state index is 0.228. The molecule has 142 valence electrons. The van der Waals surface area contributed by atoms with Gasteiger partial charge in [-0.05, 0) is 49.2 Å². The summed E-state index contributed by atoms with van der Waals surface area (Å²) in [6.45, 7) is 3.31. The molecule has 0 radical (unpaired) electrons. The van der Waals surface area contributed by atoms with Gasteiger partial charge in [0.2, 0.25) is 5.60 Å². The number of aromatic amines is 2. The third kappa shape index (κ3) is 2.40. The summed E-state index contributed by atoms with van der Waals surface area (Å²) in [6.07, 6.45) is -3.50. The Morgan fingerprint density at radius 2 is 1.86 bits per heavy atom. The van der Waals surface area contributed by atoms with E-state index in [1.165, 1.54) is 37.4 Å². The molecule has 2 heterocycles. The standard InChI is InChI=1S/C20H15F3N4O/c1-10-7-11(2)17-13(5-6-25-17)16(10)19(28,20(21,22)23)18-26-14-4-3-12(9-24)8-15(14)27-18/h3-8,25,28H,1-2H3,(H,26,27). The van der Waals surface area contributed by atoms with Crippen LogP contribution >= 0.6 is 0 Å². The highest BCUT2D eigenvalue weighted by Gasteiger charge is 2.59. The van der Waals surface area contributed by atoms with E-state index >= 15 is 0 Å². The minimum atomic E-state index is -5.04. The molecule has 2 aromatic carbocycles. The van der Waals surface area contributed by atoms with Crippen molar-refractivity contribution in [1.82, 2.24) is 15.0 Å². The van der Waals surface area contributed by atoms with Crippen molar-refractivity contribution in [3.8, 4) is 6.07 Å². The van der Waals surface area contributed by atoms with Gasteiger partial charge in [-0.25, -0.2) is 4.98 Å². The number of alkyl halides is 3. The Hall–Kier alpha value is -3.31. The molecule has 0 fully saturated rings. The normalized spacial score (nSPS) is 14.3. The number of nitrogens with one attached hydrogen (secondary N) is 2. The van der Waals surface area contributed by atoms with E-state index in [0.29, 0.717) is 11.1 Å². The molecule has 1 atom stereocenters. The Bertz CT molecular complexity index is 1260. The first kappa shape index (κ1) is 18.1. The molecule has 0 aliphatic rings. The zero-order valence-corrected chi connectivity index (χ0v) is 14.9. The Labute approximate surface area is 157 Å². The Morgan fingerprint density at radius 1 is 1.11 bits per heavy atom. The van der Waals surface area contributed by atoms with E-state index < -0.39 is 17.6 Å². The fourth-order valence-corrected chi connectivity index (χ4v) is 3.71. The minimum Gasteiger partial charge on any atom is -0.370 e. The van der Waals surface area contributed by atoms with Crippen LogP contribution < -0.4 is 0 Å². The van der Waals surface area contributed by atoms with Gasteiger partial charge in [0.15, 0.2) is 5.82 Å².